The van der Waals surface area contributed by atoms with Crippen LogP contribution in [0.25, 0.3) is 0 Å². The van der Waals surface area contributed by atoms with E-state index in [2.05, 4.69) is 14.9 Å². The average molecular weight is 282 g/mol. The first kappa shape index (κ1) is 13.0. The number of hydrogen-bond acceptors (Lipinski definition) is 4. The van der Waals surface area contributed by atoms with Crippen LogP contribution in [0.5, 0.6) is 0 Å². The fraction of sp³-hybridized carbons (Fsp3) is 0.250. The summed E-state index contributed by atoms with van der Waals surface area (Å²) in [5.74, 6) is -0.174. The monoisotopic (exact) mass is 281 g/mol. The first-order chi connectivity index (χ1) is 8.61. The maximum Gasteiger partial charge on any atom is 0.269 e. The molecule has 94 valence electrons. The second kappa shape index (κ2) is 5.46. The molecule has 1 heterocycles. The summed E-state index contributed by atoms with van der Waals surface area (Å²) in [6, 6.07) is 5.34. The minimum atomic E-state index is -0.174. The second-order valence-corrected chi connectivity index (χ2v) is 5.01. The molecule has 1 amide bonds. The van der Waals surface area contributed by atoms with Crippen LogP contribution in [-0.2, 0) is 6.42 Å². The Kier molecular flexibility index (Phi) is 3.93. The van der Waals surface area contributed by atoms with E-state index in [9.17, 15) is 4.79 Å². The summed E-state index contributed by atoms with van der Waals surface area (Å²) in [5.41, 5.74) is 2.40. The van der Waals surface area contributed by atoms with Crippen LogP contribution in [0.15, 0.2) is 18.2 Å². The molecule has 1 aromatic carbocycles. The second-order valence-electron chi connectivity index (χ2n) is 3.82. The largest absolute Gasteiger partial charge is 0.321 e. The molecule has 0 fully saturated rings. The topological polar surface area (TPSA) is 54.9 Å². The van der Waals surface area contributed by atoms with Gasteiger partial charge in [-0.1, -0.05) is 23.0 Å². The van der Waals surface area contributed by atoms with Crippen LogP contribution in [0.2, 0.25) is 5.02 Å². The number of carbonyl (C=O) groups excluding carboxylic acids is 1. The molecule has 4 nitrogen and oxygen atoms in total. The molecule has 0 saturated heterocycles. The van der Waals surface area contributed by atoms with E-state index in [1.807, 2.05) is 19.9 Å². The smallest absolute Gasteiger partial charge is 0.269 e. The molecular weight excluding hydrogens is 270 g/mol. The van der Waals surface area contributed by atoms with Crippen molar-refractivity contribution in [2.75, 3.05) is 5.32 Å². The summed E-state index contributed by atoms with van der Waals surface area (Å²) in [5, 5.41) is 7.42. The molecule has 1 N–H and O–H groups in total. The molecule has 0 atom stereocenters. The number of aryl methyl sites for hydroxylation is 2. The van der Waals surface area contributed by atoms with Gasteiger partial charge in [0.05, 0.1) is 5.69 Å². The molecule has 6 heteroatoms. The summed E-state index contributed by atoms with van der Waals surface area (Å²) < 4.78 is 3.80. The van der Waals surface area contributed by atoms with Gasteiger partial charge in [0.15, 0.2) is 0 Å². The third kappa shape index (κ3) is 2.68. The van der Waals surface area contributed by atoms with Crippen molar-refractivity contribution >= 4 is 34.7 Å². The van der Waals surface area contributed by atoms with Gasteiger partial charge < -0.3 is 5.32 Å². The Balaban J connectivity index is 2.21. The van der Waals surface area contributed by atoms with Gasteiger partial charge in [-0.3, -0.25) is 4.79 Å². The Morgan fingerprint density at radius 2 is 2.28 bits per heavy atom. The molecule has 0 aliphatic heterocycles. The molecule has 0 saturated carbocycles. The minimum Gasteiger partial charge on any atom is -0.321 e. The lowest BCUT2D eigenvalue weighted by molar-refractivity contribution is 0.102. The summed E-state index contributed by atoms with van der Waals surface area (Å²) in [7, 11) is 0. The van der Waals surface area contributed by atoms with E-state index < -0.39 is 0 Å². The van der Waals surface area contributed by atoms with Crippen molar-refractivity contribution in [2.24, 2.45) is 0 Å². The zero-order valence-electron chi connectivity index (χ0n) is 10.0. The molecule has 18 heavy (non-hydrogen) atoms. The molecule has 2 rings (SSSR count). The first-order valence-corrected chi connectivity index (χ1v) is 6.65. The Hall–Kier alpha value is -1.46. The number of carbonyl (C=O) groups is 1. The van der Waals surface area contributed by atoms with E-state index in [1.165, 1.54) is 0 Å². The minimum absolute atomic E-state index is 0.174. The Labute approximate surface area is 114 Å². The fourth-order valence-electron chi connectivity index (χ4n) is 1.56. The van der Waals surface area contributed by atoms with Crippen molar-refractivity contribution in [3.8, 4) is 0 Å². The highest BCUT2D eigenvalue weighted by molar-refractivity contribution is 7.08. The number of hydrogen-bond donors (Lipinski definition) is 1. The molecule has 0 aliphatic carbocycles. The van der Waals surface area contributed by atoms with Gasteiger partial charge in [0, 0.05) is 10.7 Å². The van der Waals surface area contributed by atoms with Crippen LogP contribution in [-0.4, -0.2) is 15.5 Å². The predicted octanol–water partition coefficient (Wildman–Crippen LogP) is 3.31. The zero-order chi connectivity index (χ0) is 13.1. The number of rotatable bonds is 3. The zero-order valence-corrected chi connectivity index (χ0v) is 11.6. The molecule has 1 aromatic heterocycles. The third-order valence-electron chi connectivity index (χ3n) is 2.53. The lowest BCUT2D eigenvalue weighted by Gasteiger charge is -2.07. The lowest BCUT2D eigenvalue weighted by Crippen LogP contribution is -2.13. The van der Waals surface area contributed by atoms with Crippen molar-refractivity contribution in [3.05, 3.63) is 39.4 Å². The van der Waals surface area contributed by atoms with Crippen LogP contribution < -0.4 is 5.32 Å². The van der Waals surface area contributed by atoms with Gasteiger partial charge in [-0.2, -0.15) is 0 Å². The highest BCUT2D eigenvalue weighted by Gasteiger charge is 2.15. The quantitative estimate of drug-likeness (QED) is 0.939. The fourth-order valence-corrected chi connectivity index (χ4v) is 2.43. The Morgan fingerprint density at radius 3 is 2.94 bits per heavy atom. The van der Waals surface area contributed by atoms with Gasteiger partial charge in [0.1, 0.15) is 4.88 Å². The van der Waals surface area contributed by atoms with Crippen molar-refractivity contribution < 1.29 is 4.79 Å². The number of aromatic nitrogens is 2. The maximum absolute atomic E-state index is 12.1. The summed E-state index contributed by atoms with van der Waals surface area (Å²) in [6.07, 6.45) is 0.693. The van der Waals surface area contributed by atoms with Crippen molar-refractivity contribution in [1.82, 2.24) is 9.59 Å². The number of amides is 1. The number of nitrogens with zero attached hydrogens (tertiary/aromatic N) is 2. The van der Waals surface area contributed by atoms with Gasteiger partial charge in [-0.05, 0) is 48.6 Å². The Bertz CT molecular complexity index is 582. The van der Waals surface area contributed by atoms with Crippen LogP contribution in [0.4, 0.5) is 5.69 Å². The van der Waals surface area contributed by atoms with E-state index in [4.69, 9.17) is 11.6 Å². The van der Waals surface area contributed by atoms with Gasteiger partial charge in [0.2, 0.25) is 0 Å². The number of anilines is 1. The number of halogens is 1. The molecule has 0 aliphatic rings. The average Bonchev–Trinajstić information content (AvgIpc) is 2.81. The van der Waals surface area contributed by atoms with Crippen molar-refractivity contribution in [3.63, 3.8) is 0 Å². The van der Waals surface area contributed by atoms with E-state index in [0.29, 0.717) is 16.3 Å². The third-order valence-corrected chi connectivity index (χ3v) is 3.54. The standard InChI is InChI=1S/C12H12ClN3OS/c1-3-9-11(18-16-15-9)12(17)14-10-5-4-8(13)6-7(10)2/h4-6H,3H2,1-2H3,(H,14,17). The highest BCUT2D eigenvalue weighted by atomic mass is 35.5. The predicted molar refractivity (Wildman–Crippen MR) is 73.4 cm³/mol. The van der Waals surface area contributed by atoms with Crippen molar-refractivity contribution in [1.29, 1.82) is 0 Å². The van der Waals surface area contributed by atoms with E-state index in [0.717, 1.165) is 28.5 Å². The number of nitrogens with one attached hydrogen (secondary N) is 1. The first-order valence-electron chi connectivity index (χ1n) is 5.50. The van der Waals surface area contributed by atoms with Gasteiger partial charge >= 0.3 is 0 Å². The van der Waals surface area contributed by atoms with E-state index >= 15 is 0 Å². The SMILES string of the molecule is CCc1nnsc1C(=O)Nc1ccc(Cl)cc1C. The molecule has 0 unspecified atom stereocenters. The van der Waals surface area contributed by atoms with E-state index in [-0.39, 0.29) is 5.91 Å². The molecule has 0 spiro atoms. The highest BCUT2D eigenvalue weighted by Crippen LogP contribution is 2.21. The summed E-state index contributed by atoms with van der Waals surface area (Å²) >= 11 is 6.98. The maximum atomic E-state index is 12.1. The normalized spacial score (nSPS) is 10.4. The van der Waals surface area contributed by atoms with Crippen LogP contribution in [0.1, 0.15) is 27.9 Å². The molecule has 2 aromatic rings. The molecule has 0 radical (unpaired) electrons. The van der Waals surface area contributed by atoms with Gasteiger partial charge in [0.25, 0.3) is 5.91 Å². The molecular formula is C12H12ClN3OS. The van der Waals surface area contributed by atoms with E-state index in [1.54, 1.807) is 12.1 Å². The van der Waals surface area contributed by atoms with Crippen LogP contribution in [0.3, 0.4) is 0 Å². The van der Waals surface area contributed by atoms with Gasteiger partial charge in [-0.15, -0.1) is 5.10 Å². The van der Waals surface area contributed by atoms with Crippen LogP contribution >= 0.6 is 23.1 Å². The number of benzene rings is 1. The van der Waals surface area contributed by atoms with Crippen LogP contribution in [0, 0.1) is 6.92 Å². The lowest BCUT2D eigenvalue weighted by atomic mass is 10.2. The van der Waals surface area contributed by atoms with Crippen molar-refractivity contribution in [2.45, 2.75) is 20.3 Å². The Morgan fingerprint density at radius 1 is 1.50 bits per heavy atom. The summed E-state index contributed by atoms with van der Waals surface area (Å²) in [6.45, 7) is 3.84. The summed E-state index contributed by atoms with van der Waals surface area (Å²) in [4.78, 5) is 12.6. The van der Waals surface area contributed by atoms with Gasteiger partial charge in [-0.25, -0.2) is 0 Å². The molecule has 0 bridgehead atoms.